The molecule has 0 bridgehead atoms. The topological polar surface area (TPSA) is 33.1 Å². The van der Waals surface area contributed by atoms with Gasteiger partial charge >= 0.3 is 0 Å². The van der Waals surface area contributed by atoms with Gasteiger partial charge in [-0.25, -0.2) is 0 Å². The molecule has 2 aromatic rings. The van der Waals surface area contributed by atoms with Crippen molar-refractivity contribution in [3.8, 4) is 11.1 Å². The SMILES string of the molecule is OCC=Cc1ccc(-c2ccncc2)cc1. The lowest BCUT2D eigenvalue weighted by Crippen LogP contribution is -1.79. The Bertz CT molecular complexity index is 460. The van der Waals surface area contributed by atoms with Crippen LogP contribution in [0, 0.1) is 0 Å². The minimum Gasteiger partial charge on any atom is -0.392 e. The average Bonchev–Trinajstić information content (AvgIpc) is 2.38. The van der Waals surface area contributed by atoms with Crippen LogP contribution in [0.3, 0.4) is 0 Å². The second-order valence-corrected chi connectivity index (χ2v) is 3.44. The van der Waals surface area contributed by atoms with Crippen LogP contribution < -0.4 is 0 Å². The van der Waals surface area contributed by atoms with E-state index in [4.69, 9.17) is 5.11 Å². The molecule has 0 fully saturated rings. The first-order valence-electron chi connectivity index (χ1n) is 5.18. The summed E-state index contributed by atoms with van der Waals surface area (Å²) in [5, 5.41) is 8.67. The van der Waals surface area contributed by atoms with Crippen LogP contribution in [-0.4, -0.2) is 16.7 Å². The summed E-state index contributed by atoms with van der Waals surface area (Å²) < 4.78 is 0. The van der Waals surface area contributed by atoms with Gasteiger partial charge in [0.15, 0.2) is 0 Å². The quantitative estimate of drug-likeness (QED) is 0.846. The summed E-state index contributed by atoms with van der Waals surface area (Å²) in [5.41, 5.74) is 3.42. The summed E-state index contributed by atoms with van der Waals surface area (Å²) in [6, 6.07) is 12.2. The minimum atomic E-state index is 0.0755. The molecule has 2 heteroatoms. The van der Waals surface area contributed by atoms with Crippen LogP contribution in [0.4, 0.5) is 0 Å². The van der Waals surface area contributed by atoms with Crippen molar-refractivity contribution in [1.82, 2.24) is 4.98 Å². The maximum absolute atomic E-state index is 8.67. The molecule has 1 aromatic carbocycles. The summed E-state index contributed by atoms with van der Waals surface area (Å²) in [4.78, 5) is 3.99. The Morgan fingerprint density at radius 3 is 2.19 bits per heavy atom. The number of rotatable bonds is 3. The third kappa shape index (κ3) is 2.55. The molecule has 0 radical (unpaired) electrons. The van der Waals surface area contributed by atoms with Crippen LogP contribution in [0.1, 0.15) is 5.56 Å². The molecule has 0 spiro atoms. The molecule has 0 atom stereocenters. The Kier molecular flexibility index (Phi) is 3.46. The molecule has 16 heavy (non-hydrogen) atoms. The van der Waals surface area contributed by atoms with Gasteiger partial charge in [0.2, 0.25) is 0 Å². The first-order chi connectivity index (χ1) is 7.90. The van der Waals surface area contributed by atoms with E-state index in [9.17, 15) is 0 Å². The highest BCUT2D eigenvalue weighted by atomic mass is 16.2. The summed E-state index contributed by atoms with van der Waals surface area (Å²) in [7, 11) is 0. The van der Waals surface area contributed by atoms with E-state index < -0.39 is 0 Å². The monoisotopic (exact) mass is 211 g/mol. The van der Waals surface area contributed by atoms with Crippen molar-refractivity contribution in [2.45, 2.75) is 0 Å². The van der Waals surface area contributed by atoms with Gasteiger partial charge in [0.25, 0.3) is 0 Å². The normalized spacial score (nSPS) is 10.8. The van der Waals surface area contributed by atoms with Crippen LogP contribution in [0.5, 0.6) is 0 Å². The highest BCUT2D eigenvalue weighted by Crippen LogP contribution is 2.18. The lowest BCUT2D eigenvalue weighted by Gasteiger charge is -2.01. The van der Waals surface area contributed by atoms with Gasteiger partial charge in [0, 0.05) is 12.4 Å². The van der Waals surface area contributed by atoms with E-state index in [2.05, 4.69) is 17.1 Å². The fourth-order valence-corrected chi connectivity index (χ4v) is 1.52. The van der Waals surface area contributed by atoms with E-state index in [1.807, 2.05) is 30.3 Å². The van der Waals surface area contributed by atoms with Gasteiger partial charge < -0.3 is 5.11 Å². The number of aliphatic hydroxyl groups excluding tert-OH is 1. The summed E-state index contributed by atoms with van der Waals surface area (Å²) >= 11 is 0. The van der Waals surface area contributed by atoms with Crippen LogP contribution in [-0.2, 0) is 0 Å². The van der Waals surface area contributed by atoms with Crippen molar-refractivity contribution in [3.05, 3.63) is 60.4 Å². The molecule has 1 N–H and O–H groups in total. The van der Waals surface area contributed by atoms with Gasteiger partial charge in [-0.2, -0.15) is 0 Å². The van der Waals surface area contributed by atoms with E-state index in [0.717, 1.165) is 11.1 Å². The zero-order valence-electron chi connectivity index (χ0n) is 8.88. The van der Waals surface area contributed by atoms with Crippen LogP contribution in [0.15, 0.2) is 54.9 Å². The Labute approximate surface area is 94.9 Å². The van der Waals surface area contributed by atoms with Crippen LogP contribution >= 0.6 is 0 Å². The second kappa shape index (κ2) is 5.24. The fourth-order valence-electron chi connectivity index (χ4n) is 1.52. The molecule has 0 aliphatic rings. The van der Waals surface area contributed by atoms with Crippen molar-refractivity contribution in [2.75, 3.05) is 6.61 Å². The third-order valence-electron chi connectivity index (χ3n) is 2.34. The number of nitrogens with zero attached hydrogens (tertiary/aromatic N) is 1. The lowest BCUT2D eigenvalue weighted by molar-refractivity contribution is 0.343. The maximum atomic E-state index is 8.67. The van der Waals surface area contributed by atoms with E-state index in [0.29, 0.717) is 0 Å². The predicted octanol–water partition coefficient (Wildman–Crippen LogP) is 2.75. The Balaban J connectivity index is 2.23. The zero-order valence-corrected chi connectivity index (χ0v) is 8.88. The Morgan fingerprint density at radius 2 is 1.56 bits per heavy atom. The molecule has 0 aliphatic heterocycles. The van der Waals surface area contributed by atoms with Crippen molar-refractivity contribution >= 4 is 6.08 Å². The van der Waals surface area contributed by atoms with Gasteiger partial charge in [-0.1, -0.05) is 36.4 Å². The van der Waals surface area contributed by atoms with Gasteiger partial charge in [-0.3, -0.25) is 4.98 Å². The highest BCUT2D eigenvalue weighted by Gasteiger charge is 1.95. The molecule has 1 aromatic heterocycles. The molecule has 2 rings (SSSR count). The number of hydrogen-bond donors (Lipinski definition) is 1. The Morgan fingerprint density at radius 1 is 0.938 bits per heavy atom. The molecule has 0 unspecified atom stereocenters. The summed E-state index contributed by atoms with van der Waals surface area (Å²) in [6.07, 6.45) is 7.20. The molecule has 0 amide bonds. The number of aromatic nitrogens is 1. The van der Waals surface area contributed by atoms with Crippen molar-refractivity contribution in [2.24, 2.45) is 0 Å². The van der Waals surface area contributed by atoms with Crippen LogP contribution in [0.25, 0.3) is 17.2 Å². The third-order valence-corrected chi connectivity index (χ3v) is 2.34. The molecular formula is C14H13NO. The van der Waals surface area contributed by atoms with E-state index >= 15 is 0 Å². The van der Waals surface area contributed by atoms with E-state index in [-0.39, 0.29) is 6.61 Å². The average molecular weight is 211 g/mol. The summed E-state index contributed by atoms with van der Waals surface area (Å²) in [5.74, 6) is 0. The minimum absolute atomic E-state index is 0.0755. The van der Waals surface area contributed by atoms with Gasteiger partial charge in [0.05, 0.1) is 6.61 Å². The highest BCUT2D eigenvalue weighted by molar-refractivity contribution is 5.65. The molecular weight excluding hydrogens is 198 g/mol. The van der Waals surface area contributed by atoms with Gasteiger partial charge in [-0.15, -0.1) is 0 Å². The molecule has 0 saturated carbocycles. The summed E-state index contributed by atoms with van der Waals surface area (Å²) in [6.45, 7) is 0.0755. The predicted molar refractivity (Wildman–Crippen MR) is 65.8 cm³/mol. The Hall–Kier alpha value is -1.93. The first-order valence-corrected chi connectivity index (χ1v) is 5.18. The number of pyridine rings is 1. The van der Waals surface area contributed by atoms with Crippen LogP contribution in [0.2, 0.25) is 0 Å². The molecule has 0 saturated heterocycles. The number of hydrogen-bond acceptors (Lipinski definition) is 2. The van der Waals surface area contributed by atoms with Crippen molar-refractivity contribution < 1.29 is 5.11 Å². The van der Waals surface area contributed by atoms with Crippen molar-refractivity contribution in [1.29, 1.82) is 0 Å². The number of benzene rings is 1. The van der Waals surface area contributed by atoms with E-state index in [1.165, 1.54) is 5.56 Å². The lowest BCUT2D eigenvalue weighted by atomic mass is 10.1. The zero-order chi connectivity index (χ0) is 11.2. The largest absolute Gasteiger partial charge is 0.392 e. The van der Waals surface area contributed by atoms with Gasteiger partial charge in [-0.05, 0) is 28.8 Å². The molecule has 0 aliphatic carbocycles. The van der Waals surface area contributed by atoms with E-state index in [1.54, 1.807) is 18.5 Å². The van der Waals surface area contributed by atoms with Gasteiger partial charge in [0.1, 0.15) is 0 Å². The molecule has 2 nitrogen and oxygen atoms in total. The number of aliphatic hydroxyl groups is 1. The maximum Gasteiger partial charge on any atom is 0.0615 e. The smallest absolute Gasteiger partial charge is 0.0615 e. The second-order valence-electron chi connectivity index (χ2n) is 3.44. The molecule has 1 heterocycles. The first kappa shape index (κ1) is 10.6. The van der Waals surface area contributed by atoms with Crippen molar-refractivity contribution in [3.63, 3.8) is 0 Å². The molecule has 80 valence electrons. The standard InChI is InChI=1S/C14H13NO/c16-11-1-2-12-3-5-13(6-4-12)14-7-9-15-10-8-14/h1-10,16H,11H2. The fraction of sp³-hybridized carbons (Fsp3) is 0.0714.